The summed E-state index contributed by atoms with van der Waals surface area (Å²) < 4.78 is 8.44. The van der Waals surface area contributed by atoms with Crippen LogP contribution < -0.4 is 9.30 Å². The van der Waals surface area contributed by atoms with Crippen molar-refractivity contribution in [1.29, 1.82) is 0 Å². The van der Waals surface area contributed by atoms with E-state index in [9.17, 15) is 0 Å². The molecule has 4 atom stereocenters. The molecular weight excluding hydrogens is 357 g/mol. The van der Waals surface area contributed by atoms with Crippen molar-refractivity contribution in [2.45, 2.75) is 97.3 Å². The van der Waals surface area contributed by atoms with Crippen LogP contribution in [0.3, 0.4) is 0 Å². The number of hydrogen-bond acceptors (Lipinski definition) is 2. The highest BCUT2D eigenvalue weighted by molar-refractivity contribution is 6.93. The highest BCUT2D eigenvalue weighted by atomic mass is 28.4. The van der Waals surface area contributed by atoms with E-state index in [1.807, 2.05) is 0 Å². The van der Waals surface area contributed by atoms with Crippen LogP contribution in [0.4, 0.5) is 0 Å². The molecule has 1 rings (SSSR count). The Morgan fingerprint density at radius 2 is 0.708 bits per heavy atom. The molecule has 0 saturated heterocycles. The lowest BCUT2D eigenvalue weighted by Gasteiger charge is -2.43. The topological polar surface area (TPSA) is 24.1 Å². The van der Waals surface area contributed by atoms with Crippen LogP contribution in [0, 0.1) is 17.8 Å². The molecule has 1 saturated carbocycles. The summed E-state index contributed by atoms with van der Waals surface area (Å²) >= 11 is 0. The van der Waals surface area contributed by atoms with Crippen molar-refractivity contribution < 1.29 is 0 Å². The molecule has 0 bridgehead atoms. The molecule has 4 unspecified atom stereocenters. The third kappa shape index (κ3) is 5.39. The molecule has 0 aliphatic heterocycles. The zero-order valence-electron chi connectivity index (χ0n) is 18.9. The molecule has 24 heavy (non-hydrogen) atoms. The van der Waals surface area contributed by atoms with Gasteiger partial charge in [-0.25, -0.2) is 0 Å². The summed E-state index contributed by atoms with van der Waals surface area (Å²) in [6.07, 6.45) is 0. The van der Waals surface area contributed by atoms with Crippen LogP contribution >= 0.6 is 0 Å². The highest BCUT2D eigenvalue weighted by Crippen LogP contribution is 2.59. The fourth-order valence-electron chi connectivity index (χ4n) is 6.56. The van der Waals surface area contributed by atoms with E-state index in [4.69, 9.17) is 0 Å². The lowest BCUT2D eigenvalue weighted by atomic mass is 10.0. The van der Waals surface area contributed by atoms with E-state index in [0.29, 0.717) is 0 Å². The van der Waals surface area contributed by atoms with Crippen molar-refractivity contribution in [3.8, 4) is 0 Å². The summed E-state index contributed by atoms with van der Waals surface area (Å²) in [5.74, 6) is 2.56. The summed E-state index contributed by atoms with van der Waals surface area (Å²) in [4.78, 5) is 0. The van der Waals surface area contributed by atoms with Gasteiger partial charge in [-0.05, 0) is 28.8 Å². The average molecular weight is 403 g/mol. The van der Waals surface area contributed by atoms with E-state index in [1.54, 1.807) is 0 Å². The largest absolute Gasteiger partial charge is 0.359 e. The fourth-order valence-corrected chi connectivity index (χ4v) is 29.8. The number of rotatable bonds is 6. The third-order valence-corrected chi connectivity index (χ3v) is 22.7. The molecule has 1 aliphatic rings. The van der Waals surface area contributed by atoms with Crippen LogP contribution in [0.5, 0.6) is 0 Å². The van der Waals surface area contributed by atoms with Gasteiger partial charge in [-0.15, -0.1) is 0 Å². The highest BCUT2D eigenvalue weighted by Gasteiger charge is 2.56. The van der Waals surface area contributed by atoms with Crippen molar-refractivity contribution in [1.82, 2.24) is 9.30 Å². The minimum atomic E-state index is -1.44. The van der Waals surface area contributed by atoms with Crippen molar-refractivity contribution in [2.24, 2.45) is 17.8 Å². The minimum Gasteiger partial charge on any atom is -0.359 e. The third-order valence-electron chi connectivity index (χ3n) is 6.16. The van der Waals surface area contributed by atoms with Gasteiger partial charge in [-0.3, -0.25) is 0 Å². The predicted molar refractivity (Wildman–Crippen MR) is 123 cm³/mol. The zero-order valence-corrected chi connectivity index (χ0v) is 22.9. The predicted octanol–water partition coefficient (Wildman–Crippen LogP) is 5.91. The Labute approximate surface area is 157 Å². The molecule has 0 radical (unpaired) electrons. The van der Waals surface area contributed by atoms with Gasteiger partial charge >= 0.3 is 0 Å². The first-order chi connectivity index (χ1) is 10.4. The Balaban J connectivity index is 3.14. The molecule has 2 nitrogen and oxygen atoms in total. The van der Waals surface area contributed by atoms with Gasteiger partial charge in [0.2, 0.25) is 0 Å². The molecule has 6 heteroatoms. The molecule has 0 amide bonds. The zero-order chi connectivity index (χ0) is 19.3. The summed E-state index contributed by atoms with van der Waals surface area (Å²) in [5.41, 5.74) is 1.80. The molecular formula is C18H46N2Si4. The molecule has 0 aromatic heterocycles. The van der Waals surface area contributed by atoms with Crippen LogP contribution in [-0.2, 0) is 0 Å². The number of nitrogens with one attached hydrogen (secondary N) is 2. The molecule has 0 aromatic rings. The van der Waals surface area contributed by atoms with Crippen molar-refractivity contribution >= 4 is 32.9 Å². The van der Waals surface area contributed by atoms with Crippen molar-refractivity contribution in [2.75, 3.05) is 0 Å². The van der Waals surface area contributed by atoms with Gasteiger partial charge < -0.3 is 9.30 Å². The lowest BCUT2D eigenvalue weighted by molar-refractivity contribution is 0.444. The smallest absolute Gasteiger partial charge is 0.116 e. The second-order valence-corrected chi connectivity index (χ2v) is 31.0. The van der Waals surface area contributed by atoms with Gasteiger partial charge in [0.15, 0.2) is 0 Å². The maximum Gasteiger partial charge on any atom is 0.116 e. The Morgan fingerprint density at radius 1 is 0.458 bits per heavy atom. The van der Waals surface area contributed by atoms with Gasteiger partial charge in [0.1, 0.15) is 32.9 Å². The van der Waals surface area contributed by atoms with E-state index in [-0.39, 0.29) is 0 Å². The van der Waals surface area contributed by atoms with Gasteiger partial charge in [0.05, 0.1) is 0 Å². The summed E-state index contributed by atoms with van der Waals surface area (Å²) in [6, 6.07) is 0. The van der Waals surface area contributed by atoms with Crippen LogP contribution in [0.2, 0.25) is 76.6 Å². The summed E-state index contributed by atoms with van der Waals surface area (Å²) in [7, 11) is -5.34. The van der Waals surface area contributed by atoms with Crippen molar-refractivity contribution in [3.05, 3.63) is 0 Å². The summed E-state index contributed by atoms with van der Waals surface area (Å²) in [5, 5.41) is 0. The quantitative estimate of drug-likeness (QED) is 0.540. The molecule has 144 valence electrons. The van der Waals surface area contributed by atoms with Crippen LogP contribution in [0.1, 0.15) is 20.8 Å². The Bertz CT molecular complexity index is 397. The maximum atomic E-state index is 4.22. The molecule has 0 heterocycles. The van der Waals surface area contributed by atoms with Crippen LogP contribution in [0.25, 0.3) is 0 Å². The van der Waals surface area contributed by atoms with E-state index >= 15 is 0 Å². The monoisotopic (exact) mass is 402 g/mol. The Hall–Kier alpha value is 0.788. The molecule has 1 fully saturated rings. The van der Waals surface area contributed by atoms with E-state index in [0.717, 1.165) is 28.8 Å². The van der Waals surface area contributed by atoms with E-state index < -0.39 is 32.9 Å². The molecule has 2 N–H and O–H groups in total. The fraction of sp³-hybridized carbons (Fsp3) is 1.00. The molecule has 0 spiro atoms. The van der Waals surface area contributed by atoms with Gasteiger partial charge in [-0.1, -0.05) is 86.2 Å². The van der Waals surface area contributed by atoms with E-state index in [1.165, 1.54) is 0 Å². The first kappa shape index (κ1) is 22.8. The van der Waals surface area contributed by atoms with Gasteiger partial charge in [-0.2, -0.15) is 0 Å². The van der Waals surface area contributed by atoms with Gasteiger partial charge in [0.25, 0.3) is 0 Å². The minimum absolute atomic E-state index is 0.853. The standard InChI is InChI=1S/C18H46N2Si4/c1-14-15(2)18(24(12,13)20-22(7,8)9)16(3)17(14)23(10,11)19-21(4,5)6/h14-20H,1-13H3. The average Bonchev–Trinajstić information content (AvgIpc) is 2.42. The van der Waals surface area contributed by atoms with E-state index in [2.05, 4.69) is 95.5 Å². The van der Waals surface area contributed by atoms with Crippen molar-refractivity contribution in [3.63, 3.8) is 0 Å². The first-order valence-corrected chi connectivity index (χ1v) is 23.1. The maximum absolute atomic E-state index is 4.22. The Kier molecular flexibility index (Phi) is 6.73. The second kappa shape index (κ2) is 7.07. The Morgan fingerprint density at radius 3 is 0.917 bits per heavy atom. The number of hydrogen-bond donors (Lipinski definition) is 2. The van der Waals surface area contributed by atoms with Crippen LogP contribution in [-0.4, -0.2) is 32.9 Å². The normalized spacial score (nSPS) is 33.1. The lowest BCUT2D eigenvalue weighted by Crippen LogP contribution is -2.62. The molecule has 0 aromatic carbocycles. The first-order valence-electron chi connectivity index (χ1n) is 9.98. The second-order valence-electron chi connectivity index (χ2n) is 11.8. The van der Waals surface area contributed by atoms with Crippen LogP contribution in [0.15, 0.2) is 0 Å². The summed E-state index contributed by atoms with van der Waals surface area (Å²) in [6.45, 7) is 33.0. The van der Waals surface area contributed by atoms with Gasteiger partial charge in [0, 0.05) is 0 Å². The molecule has 1 aliphatic carbocycles. The SMILES string of the molecule is CC1C(C)C([Si](C)(C)N[Si](C)(C)C)C(C)C1[Si](C)(C)N[Si](C)(C)C.